The fourth-order valence-corrected chi connectivity index (χ4v) is 2.31. The molecule has 0 saturated carbocycles. The zero-order valence-electron chi connectivity index (χ0n) is 11.9. The van der Waals surface area contributed by atoms with E-state index in [0.717, 1.165) is 11.3 Å². The number of amides is 2. The molecule has 0 radical (unpaired) electrons. The van der Waals surface area contributed by atoms with Gasteiger partial charge in [0.1, 0.15) is 0 Å². The Kier molecular flexibility index (Phi) is 4.57. The summed E-state index contributed by atoms with van der Waals surface area (Å²) < 4.78 is 0. The summed E-state index contributed by atoms with van der Waals surface area (Å²) >= 11 is 0. The molecule has 0 saturated heterocycles. The molecule has 1 aromatic rings. The van der Waals surface area contributed by atoms with Crippen molar-refractivity contribution in [3.05, 3.63) is 29.3 Å². The molecule has 0 spiro atoms. The van der Waals surface area contributed by atoms with Crippen LogP contribution in [0.15, 0.2) is 18.2 Å². The molecule has 1 heterocycles. The van der Waals surface area contributed by atoms with Crippen LogP contribution in [0.5, 0.6) is 0 Å². The maximum atomic E-state index is 12.3. The first-order chi connectivity index (χ1) is 9.97. The summed E-state index contributed by atoms with van der Waals surface area (Å²) in [4.78, 5) is 35.5. The fraction of sp³-hybridized carbons (Fsp3) is 0.400. The third-order valence-corrected chi connectivity index (χ3v) is 3.48. The number of carbonyl (C=O) groups is 3. The van der Waals surface area contributed by atoms with Crippen molar-refractivity contribution in [3.8, 4) is 0 Å². The van der Waals surface area contributed by atoms with E-state index in [4.69, 9.17) is 5.11 Å². The number of hydrogen-bond acceptors (Lipinski definition) is 3. The molecule has 1 aromatic carbocycles. The molecule has 6 heteroatoms. The maximum absolute atomic E-state index is 12.3. The molecular weight excluding hydrogens is 272 g/mol. The van der Waals surface area contributed by atoms with Gasteiger partial charge in [0.05, 0.1) is 0 Å². The van der Waals surface area contributed by atoms with Crippen LogP contribution in [-0.4, -0.2) is 41.4 Å². The van der Waals surface area contributed by atoms with Gasteiger partial charge in [-0.2, -0.15) is 0 Å². The molecule has 112 valence electrons. The molecule has 1 aliphatic rings. The molecule has 2 rings (SSSR count). The van der Waals surface area contributed by atoms with E-state index >= 15 is 0 Å². The molecule has 6 nitrogen and oxygen atoms in total. The number of carboxylic acids is 1. The first-order valence-corrected chi connectivity index (χ1v) is 6.87. The second kappa shape index (κ2) is 6.39. The van der Waals surface area contributed by atoms with Gasteiger partial charge in [0.2, 0.25) is 5.91 Å². The molecule has 0 fully saturated rings. The summed E-state index contributed by atoms with van der Waals surface area (Å²) in [5.74, 6) is -1.01. The maximum Gasteiger partial charge on any atom is 0.303 e. The number of fused-ring (bicyclic) bond motifs is 1. The SMILES string of the molecule is CN(CCCC(=O)O)C(=O)c1ccc2c(c1)CCC(=O)N2. The predicted octanol–water partition coefficient (Wildman–Crippen LogP) is 1.51. The quantitative estimate of drug-likeness (QED) is 0.860. The molecule has 0 unspecified atom stereocenters. The topological polar surface area (TPSA) is 86.7 Å². The molecule has 0 bridgehead atoms. The Bertz CT molecular complexity index is 583. The van der Waals surface area contributed by atoms with Crippen LogP contribution in [0.4, 0.5) is 5.69 Å². The highest BCUT2D eigenvalue weighted by Gasteiger charge is 2.18. The van der Waals surface area contributed by atoms with E-state index in [-0.39, 0.29) is 18.2 Å². The predicted molar refractivity (Wildman–Crippen MR) is 77.2 cm³/mol. The molecule has 1 aliphatic heterocycles. The molecule has 21 heavy (non-hydrogen) atoms. The smallest absolute Gasteiger partial charge is 0.303 e. The normalized spacial score (nSPS) is 13.3. The minimum atomic E-state index is -0.861. The fourth-order valence-electron chi connectivity index (χ4n) is 2.31. The monoisotopic (exact) mass is 290 g/mol. The lowest BCUT2D eigenvalue weighted by molar-refractivity contribution is -0.137. The lowest BCUT2D eigenvalue weighted by Crippen LogP contribution is -2.28. The number of anilines is 1. The third kappa shape index (κ3) is 3.81. The minimum Gasteiger partial charge on any atom is -0.481 e. The second-order valence-corrected chi connectivity index (χ2v) is 5.14. The van der Waals surface area contributed by atoms with Crippen molar-refractivity contribution in [2.45, 2.75) is 25.7 Å². The highest BCUT2D eigenvalue weighted by atomic mass is 16.4. The van der Waals surface area contributed by atoms with Crippen molar-refractivity contribution >= 4 is 23.5 Å². The number of carbonyl (C=O) groups excluding carboxylic acids is 2. The third-order valence-electron chi connectivity index (χ3n) is 3.48. The van der Waals surface area contributed by atoms with E-state index in [1.807, 2.05) is 0 Å². The standard InChI is InChI=1S/C15H18N2O4/c1-17(8-2-3-14(19)20)15(21)11-4-6-12-10(9-11)5-7-13(18)16-12/h4,6,9H,2-3,5,7-8H2,1H3,(H,16,18)(H,19,20). The molecule has 0 aromatic heterocycles. The number of aryl methyl sites for hydroxylation is 1. The molecular formula is C15H18N2O4. The van der Waals surface area contributed by atoms with Gasteiger partial charge in [-0.25, -0.2) is 0 Å². The van der Waals surface area contributed by atoms with Gasteiger partial charge in [-0.05, 0) is 36.6 Å². The van der Waals surface area contributed by atoms with Crippen molar-refractivity contribution in [1.82, 2.24) is 4.90 Å². The van der Waals surface area contributed by atoms with Crippen LogP contribution >= 0.6 is 0 Å². The van der Waals surface area contributed by atoms with Gasteiger partial charge >= 0.3 is 5.97 Å². The number of nitrogens with one attached hydrogen (secondary N) is 1. The summed E-state index contributed by atoms with van der Waals surface area (Å²) in [6, 6.07) is 5.22. The van der Waals surface area contributed by atoms with Gasteiger partial charge in [-0.15, -0.1) is 0 Å². The minimum absolute atomic E-state index is 0.00707. The van der Waals surface area contributed by atoms with Gasteiger partial charge in [0.25, 0.3) is 5.91 Å². The lowest BCUT2D eigenvalue weighted by atomic mass is 10.00. The largest absolute Gasteiger partial charge is 0.481 e. The molecule has 2 amide bonds. The summed E-state index contributed by atoms with van der Waals surface area (Å²) in [6.07, 6.45) is 1.54. The summed E-state index contributed by atoms with van der Waals surface area (Å²) in [6.45, 7) is 0.402. The van der Waals surface area contributed by atoms with E-state index in [0.29, 0.717) is 31.4 Å². The number of nitrogens with zero attached hydrogens (tertiary/aromatic N) is 1. The number of hydrogen-bond donors (Lipinski definition) is 2. The number of aliphatic carboxylic acids is 1. The first-order valence-electron chi connectivity index (χ1n) is 6.87. The van der Waals surface area contributed by atoms with Gasteiger partial charge in [-0.3, -0.25) is 14.4 Å². The van der Waals surface area contributed by atoms with Gasteiger partial charge < -0.3 is 15.3 Å². The van der Waals surface area contributed by atoms with E-state index < -0.39 is 5.97 Å². The van der Waals surface area contributed by atoms with E-state index in [9.17, 15) is 14.4 Å². The Labute approximate surface area is 122 Å². The number of rotatable bonds is 5. The molecule has 0 atom stereocenters. The van der Waals surface area contributed by atoms with Crippen LogP contribution < -0.4 is 5.32 Å². The van der Waals surface area contributed by atoms with Crippen LogP contribution in [0.3, 0.4) is 0 Å². The second-order valence-electron chi connectivity index (χ2n) is 5.14. The summed E-state index contributed by atoms with van der Waals surface area (Å²) in [5.41, 5.74) is 2.28. The van der Waals surface area contributed by atoms with E-state index in [1.165, 1.54) is 4.90 Å². The number of carboxylic acid groups (broad SMARTS) is 1. The number of benzene rings is 1. The average molecular weight is 290 g/mol. The van der Waals surface area contributed by atoms with Gasteiger partial charge in [-0.1, -0.05) is 0 Å². The van der Waals surface area contributed by atoms with Crippen molar-refractivity contribution in [2.24, 2.45) is 0 Å². The van der Waals surface area contributed by atoms with Crippen molar-refractivity contribution in [3.63, 3.8) is 0 Å². The summed E-state index contributed by atoms with van der Waals surface area (Å²) in [5, 5.41) is 11.4. The lowest BCUT2D eigenvalue weighted by Gasteiger charge is -2.20. The van der Waals surface area contributed by atoms with Crippen LogP contribution in [0.1, 0.15) is 35.2 Å². The van der Waals surface area contributed by atoms with Crippen molar-refractivity contribution in [2.75, 3.05) is 18.9 Å². The average Bonchev–Trinajstić information content (AvgIpc) is 2.45. The Morgan fingerprint density at radius 1 is 1.33 bits per heavy atom. The Morgan fingerprint density at radius 3 is 2.81 bits per heavy atom. The van der Waals surface area contributed by atoms with Crippen LogP contribution in [0.2, 0.25) is 0 Å². The van der Waals surface area contributed by atoms with Crippen LogP contribution in [0.25, 0.3) is 0 Å². The van der Waals surface area contributed by atoms with Crippen molar-refractivity contribution < 1.29 is 19.5 Å². The molecule has 0 aliphatic carbocycles. The van der Waals surface area contributed by atoms with Crippen LogP contribution in [-0.2, 0) is 16.0 Å². The first kappa shape index (κ1) is 15.0. The van der Waals surface area contributed by atoms with Gasteiger partial charge in [0, 0.05) is 37.7 Å². The Hall–Kier alpha value is -2.37. The van der Waals surface area contributed by atoms with E-state index in [1.54, 1.807) is 25.2 Å². The zero-order valence-corrected chi connectivity index (χ0v) is 11.9. The zero-order chi connectivity index (χ0) is 15.4. The Morgan fingerprint density at radius 2 is 2.10 bits per heavy atom. The highest BCUT2D eigenvalue weighted by Crippen LogP contribution is 2.24. The molecule has 2 N–H and O–H groups in total. The van der Waals surface area contributed by atoms with Crippen molar-refractivity contribution in [1.29, 1.82) is 0 Å². The van der Waals surface area contributed by atoms with Gasteiger partial charge in [0.15, 0.2) is 0 Å². The Balaban J connectivity index is 2.02. The highest BCUT2D eigenvalue weighted by molar-refractivity contribution is 5.97. The van der Waals surface area contributed by atoms with Crippen LogP contribution in [0, 0.1) is 0 Å². The van der Waals surface area contributed by atoms with E-state index in [2.05, 4.69) is 5.32 Å². The summed E-state index contributed by atoms with van der Waals surface area (Å²) in [7, 11) is 1.66.